The molecule has 7 nitrogen and oxygen atoms in total. The van der Waals surface area contributed by atoms with Crippen molar-refractivity contribution in [2.24, 2.45) is 0 Å². The summed E-state index contributed by atoms with van der Waals surface area (Å²) in [6.07, 6.45) is 2.86. The molecule has 160 valence electrons. The van der Waals surface area contributed by atoms with Crippen LogP contribution in [0.25, 0.3) is 0 Å². The Balaban J connectivity index is 1.41. The van der Waals surface area contributed by atoms with Crippen LogP contribution in [0.3, 0.4) is 0 Å². The van der Waals surface area contributed by atoms with Gasteiger partial charge < -0.3 is 10.6 Å². The molecule has 31 heavy (non-hydrogen) atoms. The van der Waals surface area contributed by atoms with Crippen LogP contribution in [0.5, 0.6) is 0 Å². The van der Waals surface area contributed by atoms with Crippen LogP contribution in [-0.4, -0.2) is 40.6 Å². The Morgan fingerprint density at radius 3 is 2.16 bits per heavy atom. The van der Waals surface area contributed by atoms with Gasteiger partial charge in [-0.1, -0.05) is 42.5 Å². The van der Waals surface area contributed by atoms with E-state index in [1.165, 1.54) is 4.90 Å². The molecule has 1 saturated carbocycles. The summed E-state index contributed by atoms with van der Waals surface area (Å²) in [6, 6.07) is 15.9. The van der Waals surface area contributed by atoms with E-state index >= 15 is 0 Å². The van der Waals surface area contributed by atoms with Crippen LogP contribution in [0.15, 0.2) is 54.6 Å². The lowest BCUT2D eigenvalue weighted by atomic mass is 10.0. The summed E-state index contributed by atoms with van der Waals surface area (Å²) >= 11 is 0. The van der Waals surface area contributed by atoms with Crippen LogP contribution in [0.4, 0.5) is 0 Å². The molecule has 2 fully saturated rings. The molecule has 2 aromatic carbocycles. The summed E-state index contributed by atoms with van der Waals surface area (Å²) < 4.78 is 0. The summed E-state index contributed by atoms with van der Waals surface area (Å²) in [4.78, 5) is 50.3. The van der Waals surface area contributed by atoms with Gasteiger partial charge in [0.15, 0.2) is 0 Å². The van der Waals surface area contributed by atoms with Gasteiger partial charge in [0.2, 0.25) is 17.7 Å². The van der Waals surface area contributed by atoms with Crippen LogP contribution < -0.4 is 10.6 Å². The van der Waals surface area contributed by atoms with E-state index in [9.17, 15) is 19.2 Å². The maximum absolute atomic E-state index is 12.8. The molecule has 2 aromatic rings. The number of likely N-dealkylation sites (tertiary alicyclic amines) is 1. The third kappa shape index (κ3) is 5.36. The van der Waals surface area contributed by atoms with E-state index in [1.54, 1.807) is 24.3 Å². The zero-order chi connectivity index (χ0) is 21.8. The van der Waals surface area contributed by atoms with Crippen LogP contribution >= 0.6 is 0 Å². The number of imide groups is 1. The van der Waals surface area contributed by atoms with Crippen molar-refractivity contribution < 1.29 is 19.2 Å². The predicted molar refractivity (Wildman–Crippen MR) is 114 cm³/mol. The van der Waals surface area contributed by atoms with Crippen LogP contribution in [0.2, 0.25) is 0 Å². The molecule has 7 heteroatoms. The highest BCUT2D eigenvalue weighted by atomic mass is 16.2. The molecule has 2 aliphatic rings. The summed E-state index contributed by atoms with van der Waals surface area (Å²) in [6.45, 7) is 0.208. The van der Waals surface area contributed by atoms with Gasteiger partial charge in [0.25, 0.3) is 5.91 Å². The van der Waals surface area contributed by atoms with E-state index in [0.717, 1.165) is 24.0 Å². The fourth-order valence-corrected chi connectivity index (χ4v) is 3.57. The second-order valence-electron chi connectivity index (χ2n) is 8.07. The number of amides is 4. The topological polar surface area (TPSA) is 95.6 Å². The van der Waals surface area contributed by atoms with Crippen molar-refractivity contribution in [3.05, 3.63) is 71.3 Å². The van der Waals surface area contributed by atoms with E-state index in [2.05, 4.69) is 10.6 Å². The van der Waals surface area contributed by atoms with Gasteiger partial charge in [-0.3, -0.25) is 24.1 Å². The average molecular weight is 419 g/mol. The van der Waals surface area contributed by atoms with E-state index < -0.39 is 6.04 Å². The fraction of sp³-hybridized carbons (Fsp3) is 0.333. The molecule has 1 heterocycles. The maximum Gasteiger partial charge on any atom is 0.251 e. The SMILES string of the molecule is O=C(NC(Cc1ccccc1)C(=O)NC1CC1)c1ccc(CN2C(=O)CCC2=O)cc1. The lowest BCUT2D eigenvalue weighted by Gasteiger charge is -2.19. The van der Waals surface area contributed by atoms with E-state index in [1.807, 2.05) is 30.3 Å². The second kappa shape index (κ2) is 9.12. The highest BCUT2D eigenvalue weighted by molar-refractivity contribution is 6.02. The molecule has 0 radical (unpaired) electrons. The number of hydrogen-bond donors (Lipinski definition) is 2. The number of nitrogens with zero attached hydrogens (tertiary/aromatic N) is 1. The third-order valence-corrected chi connectivity index (χ3v) is 5.54. The largest absolute Gasteiger partial charge is 0.352 e. The minimum atomic E-state index is -0.671. The Morgan fingerprint density at radius 2 is 1.55 bits per heavy atom. The Hall–Kier alpha value is -3.48. The minimum Gasteiger partial charge on any atom is -0.352 e. The van der Waals surface area contributed by atoms with Gasteiger partial charge in [-0.25, -0.2) is 0 Å². The first-order chi connectivity index (χ1) is 15.0. The van der Waals surface area contributed by atoms with Crippen molar-refractivity contribution >= 4 is 23.6 Å². The lowest BCUT2D eigenvalue weighted by Crippen LogP contribution is -2.48. The van der Waals surface area contributed by atoms with Crippen LogP contribution in [-0.2, 0) is 27.3 Å². The third-order valence-electron chi connectivity index (χ3n) is 5.54. The molecule has 1 aliphatic carbocycles. The van der Waals surface area contributed by atoms with E-state index in [0.29, 0.717) is 12.0 Å². The van der Waals surface area contributed by atoms with Crippen molar-refractivity contribution in [1.29, 1.82) is 0 Å². The molecule has 0 aromatic heterocycles. The molecule has 4 rings (SSSR count). The monoisotopic (exact) mass is 419 g/mol. The van der Waals surface area contributed by atoms with Crippen molar-refractivity contribution in [2.75, 3.05) is 0 Å². The van der Waals surface area contributed by atoms with Gasteiger partial charge in [-0.2, -0.15) is 0 Å². The quantitative estimate of drug-likeness (QED) is 0.640. The molecule has 1 unspecified atom stereocenters. The molecule has 4 amide bonds. The van der Waals surface area contributed by atoms with Crippen molar-refractivity contribution in [3.63, 3.8) is 0 Å². The van der Waals surface area contributed by atoms with Gasteiger partial charge in [0, 0.05) is 30.9 Å². The Bertz CT molecular complexity index is 968. The van der Waals surface area contributed by atoms with E-state index in [4.69, 9.17) is 0 Å². The highest BCUT2D eigenvalue weighted by Crippen LogP contribution is 2.19. The molecule has 0 bridgehead atoms. The number of carbonyl (C=O) groups excluding carboxylic acids is 4. The van der Waals surface area contributed by atoms with Crippen LogP contribution in [0, 0.1) is 0 Å². The molecule has 1 atom stereocenters. The van der Waals surface area contributed by atoms with Crippen molar-refractivity contribution in [3.8, 4) is 0 Å². The molecule has 2 N–H and O–H groups in total. The van der Waals surface area contributed by atoms with Crippen molar-refractivity contribution in [2.45, 2.75) is 50.7 Å². The summed E-state index contributed by atoms with van der Waals surface area (Å²) in [5.74, 6) is -0.858. The second-order valence-corrected chi connectivity index (χ2v) is 8.07. The zero-order valence-electron chi connectivity index (χ0n) is 17.2. The molecule has 1 saturated heterocycles. The maximum atomic E-state index is 12.8. The lowest BCUT2D eigenvalue weighted by molar-refractivity contribution is -0.139. The molecular weight excluding hydrogens is 394 g/mol. The Kier molecular flexibility index (Phi) is 6.11. The molecular formula is C24H25N3O4. The number of carbonyl (C=O) groups is 4. The number of hydrogen-bond acceptors (Lipinski definition) is 4. The first-order valence-electron chi connectivity index (χ1n) is 10.6. The molecule has 1 aliphatic heterocycles. The van der Waals surface area contributed by atoms with Gasteiger partial charge >= 0.3 is 0 Å². The van der Waals surface area contributed by atoms with Gasteiger partial charge in [0.05, 0.1) is 6.54 Å². The Labute approximate surface area is 180 Å². The smallest absolute Gasteiger partial charge is 0.251 e. The summed E-state index contributed by atoms with van der Waals surface area (Å²) in [5, 5.41) is 5.82. The average Bonchev–Trinajstić information content (AvgIpc) is 3.54. The summed E-state index contributed by atoms with van der Waals surface area (Å²) in [7, 11) is 0. The number of rotatable bonds is 8. The van der Waals surface area contributed by atoms with Crippen molar-refractivity contribution in [1.82, 2.24) is 15.5 Å². The number of nitrogens with one attached hydrogen (secondary N) is 2. The molecule has 0 spiro atoms. The van der Waals surface area contributed by atoms with Gasteiger partial charge in [-0.15, -0.1) is 0 Å². The minimum absolute atomic E-state index is 0.169. The standard InChI is InChI=1S/C24H25N3O4/c28-21-12-13-22(29)27(21)15-17-6-8-18(9-7-17)23(30)26-20(24(31)25-19-10-11-19)14-16-4-2-1-3-5-16/h1-9,19-20H,10-15H2,(H,25,31)(H,26,30). The predicted octanol–water partition coefficient (Wildman–Crippen LogP) is 1.96. The van der Waals surface area contributed by atoms with Gasteiger partial charge in [0.1, 0.15) is 6.04 Å². The van der Waals surface area contributed by atoms with E-state index in [-0.39, 0.29) is 49.1 Å². The van der Waals surface area contributed by atoms with Crippen LogP contribution in [0.1, 0.15) is 47.2 Å². The highest BCUT2D eigenvalue weighted by Gasteiger charge is 2.30. The van der Waals surface area contributed by atoms with Gasteiger partial charge in [-0.05, 0) is 36.1 Å². The first-order valence-corrected chi connectivity index (χ1v) is 10.6. The fourth-order valence-electron chi connectivity index (χ4n) is 3.57. The number of benzene rings is 2. The zero-order valence-corrected chi connectivity index (χ0v) is 17.2. The normalized spacial score (nSPS) is 16.8. The Morgan fingerprint density at radius 1 is 0.903 bits per heavy atom. The summed E-state index contributed by atoms with van der Waals surface area (Å²) in [5.41, 5.74) is 2.15. The first kappa shape index (κ1) is 20.8.